The second-order valence-electron chi connectivity index (χ2n) is 6.19. The number of carbonyl (C=O) groups is 1. The van der Waals surface area contributed by atoms with Crippen molar-refractivity contribution in [1.29, 1.82) is 0 Å². The monoisotopic (exact) mass is 407 g/mol. The van der Waals surface area contributed by atoms with Crippen LogP contribution in [-0.2, 0) is 6.42 Å². The van der Waals surface area contributed by atoms with Crippen LogP contribution in [0.3, 0.4) is 0 Å². The third kappa shape index (κ3) is 3.41. The van der Waals surface area contributed by atoms with Crippen molar-refractivity contribution in [2.75, 3.05) is 31.1 Å². The number of anilines is 1. The maximum atomic E-state index is 12.8. The molecule has 1 amide bonds. The number of hydrogen-bond acceptors (Lipinski definition) is 7. The van der Waals surface area contributed by atoms with Crippen molar-refractivity contribution in [3.63, 3.8) is 0 Å². The lowest BCUT2D eigenvalue weighted by Gasteiger charge is -2.34. The Balaban J connectivity index is 1.44. The van der Waals surface area contributed by atoms with E-state index in [0.29, 0.717) is 18.0 Å². The Morgan fingerprint density at radius 1 is 1.27 bits per heavy atom. The van der Waals surface area contributed by atoms with Gasteiger partial charge >= 0.3 is 0 Å². The number of thiazole rings is 1. The molecule has 0 radical (unpaired) electrons. The van der Waals surface area contributed by atoms with E-state index in [1.807, 2.05) is 23.1 Å². The van der Waals surface area contributed by atoms with Gasteiger partial charge in [-0.15, -0.1) is 5.10 Å². The van der Waals surface area contributed by atoms with Gasteiger partial charge in [0.05, 0.1) is 15.9 Å². The molecule has 1 aliphatic heterocycles. The summed E-state index contributed by atoms with van der Waals surface area (Å²) in [4.78, 5) is 22.3. The number of aromatic nitrogens is 3. The van der Waals surface area contributed by atoms with E-state index in [4.69, 9.17) is 16.6 Å². The smallest absolute Gasteiger partial charge is 0.267 e. The minimum absolute atomic E-state index is 0.0548. The minimum Gasteiger partial charge on any atom is -0.345 e. The molecule has 136 valence electrons. The Morgan fingerprint density at radius 2 is 2.08 bits per heavy atom. The van der Waals surface area contributed by atoms with Gasteiger partial charge in [0.15, 0.2) is 5.13 Å². The topological polar surface area (TPSA) is 62.2 Å². The summed E-state index contributed by atoms with van der Waals surface area (Å²) in [5, 5.41) is 5.82. The quantitative estimate of drug-likeness (QED) is 0.659. The first-order chi connectivity index (χ1) is 12.7. The molecular weight excluding hydrogens is 390 g/mol. The van der Waals surface area contributed by atoms with Gasteiger partial charge in [-0.05, 0) is 36.2 Å². The molecule has 4 rings (SSSR count). The fourth-order valence-electron chi connectivity index (χ4n) is 3.04. The molecule has 0 atom stereocenters. The summed E-state index contributed by atoms with van der Waals surface area (Å²) in [7, 11) is 0. The fraction of sp³-hybridized carbons (Fsp3) is 0.412. The van der Waals surface area contributed by atoms with E-state index in [1.165, 1.54) is 11.5 Å². The number of halogens is 1. The van der Waals surface area contributed by atoms with Gasteiger partial charge in [0, 0.05) is 31.2 Å². The largest absolute Gasteiger partial charge is 0.345 e. The molecule has 1 aromatic carbocycles. The molecule has 0 saturated carbocycles. The Kier molecular flexibility index (Phi) is 5.06. The second-order valence-corrected chi connectivity index (χ2v) is 8.39. The Bertz CT molecular complexity index is 932. The van der Waals surface area contributed by atoms with Crippen molar-refractivity contribution in [3.8, 4) is 0 Å². The number of benzene rings is 1. The van der Waals surface area contributed by atoms with E-state index >= 15 is 0 Å². The Hall–Kier alpha value is -1.77. The lowest BCUT2D eigenvalue weighted by molar-refractivity contribution is 0.0750. The summed E-state index contributed by atoms with van der Waals surface area (Å²) in [5.74, 6) is 0.0548. The molecule has 0 unspecified atom stereocenters. The van der Waals surface area contributed by atoms with Crippen LogP contribution in [0.1, 0.15) is 28.7 Å². The fourth-order valence-corrected chi connectivity index (χ4v) is 5.01. The minimum atomic E-state index is 0.0548. The summed E-state index contributed by atoms with van der Waals surface area (Å²) in [5.41, 5.74) is 1.79. The first-order valence-electron chi connectivity index (χ1n) is 8.57. The first-order valence-corrected chi connectivity index (χ1v) is 10.5. The highest BCUT2D eigenvalue weighted by molar-refractivity contribution is 7.22. The van der Waals surface area contributed by atoms with Crippen molar-refractivity contribution in [1.82, 2.24) is 19.5 Å². The molecule has 0 N–H and O–H groups in total. The summed E-state index contributed by atoms with van der Waals surface area (Å²) < 4.78 is 5.05. The number of carbonyl (C=O) groups excluding carboxylic acids is 1. The molecule has 3 heterocycles. The summed E-state index contributed by atoms with van der Waals surface area (Å²) in [6, 6.07) is 5.76. The lowest BCUT2D eigenvalue weighted by Crippen LogP contribution is -2.48. The number of piperazine rings is 1. The van der Waals surface area contributed by atoms with E-state index in [-0.39, 0.29) is 5.91 Å². The van der Waals surface area contributed by atoms with Crippen LogP contribution in [0.5, 0.6) is 0 Å². The maximum absolute atomic E-state index is 12.8. The van der Waals surface area contributed by atoms with Gasteiger partial charge in [-0.1, -0.05) is 40.8 Å². The van der Waals surface area contributed by atoms with Crippen LogP contribution in [0.25, 0.3) is 10.2 Å². The van der Waals surface area contributed by atoms with Crippen molar-refractivity contribution >= 4 is 55.7 Å². The van der Waals surface area contributed by atoms with Crippen LogP contribution in [-0.4, -0.2) is 51.6 Å². The van der Waals surface area contributed by atoms with E-state index in [9.17, 15) is 4.79 Å². The van der Waals surface area contributed by atoms with Crippen LogP contribution < -0.4 is 4.90 Å². The van der Waals surface area contributed by atoms with Crippen molar-refractivity contribution in [2.45, 2.75) is 19.8 Å². The predicted octanol–water partition coefficient (Wildman–Crippen LogP) is 3.72. The highest BCUT2D eigenvalue weighted by atomic mass is 35.5. The SMILES string of the molecule is CCCc1nnsc1C(=O)N1CCN(c2nc3ccc(Cl)cc3s2)CC1. The van der Waals surface area contributed by atoms with Crippen LogP contribution in [0.2, 0.25) is 5.02 Å². The van der Waals surface area contributed by atoms with Gasteiger partial charge in [-0.25, -0.2) is 4.98 Å². The van der Waals surface area contributed by atoms with Crippen LogP contribution >= 0.6 is 34.5 Å². The van der Waals surface area contributed by atoms with Crippen molar-refractivity contribution in [3.05, 3.63) is 33.8 Å². The summed E-state index contributed by atoms with van der Waals surface area (Å²) >= 11 is 8.91. The van der Waals surface area contributed by atoms with E-state index in [1.54, 1.807) is 11.3 Å². The zero-order valence-electron chi connectivity index (χ0n) is 14.3. The molecule has 1 saturated heterocycles. The van der Waals surface area contributed by atoms with Crippen molar-refractivity contribution < 1.29 is 4.79 Å². The molecule has 2 aromatic heterocycles. The van der Waals surface area contributed by atoms with Crippen molar-refractivity contribution in [2.24, 2.45) is 0 Å². The number of aryl methyl sites for hydroxylation is 1. The van der Waals surface area contributed by atoms with E-state index in [0.717, 1.165) is 52.0 Å². The van der Waals surface area contributed by atoms with Gasteiger partial charge in [0.2, 0.25) is 0 Å². The van der Waals surface area contributed by atoms with E-state index in [2.05, 4.69) is 21.4 Å². The van der Waals surface area contributed by atoms with Gasteiger partial charge in [-0.3, -0.25) is 4.79 Å². The van der Waals surface area contributed by atoms with Gasteiger partial charge in [0.25, 0.3) is 5.91 Å². The summed E-state index contributed by atoms with van der Waals surface area (Å²) in [6.07, 6.45) is 1.76. The third-order valence-corrected chi connectivity index (χ3v) is 6.48. The van der Waals surface area contributed by atoms with Gasteiger partial charge in [0.1, 0.15) is 4.88 Å². The average Bonchev–Trinajstić information content (AvgIpc) is 3.28. The predicted molar refractivity (Wildman–Crippen MR) is 107 cm³/mol. The third-order valence-electron chi connectivity index (χ3n) is 4.41. The Labute approximate surface area is 164 Å². The Morgan fingerprint density at radius 3 is 2.85 bits per heavy atom. The molecule has 1 fully saturated rings. The number of hydrogen-bond donors (Lipinski definition) is 0. The standard InChI is InChI=1S/C17H18ClN5OS2/c1-2-3-13-15(26-21-20-13)16(24)22-6-8-23(9-7-22)17-19-12-5-4-11(18)10-14(12)25-17/h4-5,10H,2-3,6-9H2,1H3. The van der Waals surface area contributed by atoms with Crippen LogP contribution in [0.4, 0.5) is 5.13 Å². The summed E-state index contributed by atoms with van der Waals surface area (Å²) in [6.45, 7) is 4.98. The molecular formula is C17H18ClN5OS2. The normalized spacial score (nSPS) is 15.0. The lowest BCUT2D eigenvalue weighted by atomic mass is 10.2. The zero-order chi connectivity index (χ0) is 18.1. The molecule has 0 bridgehead atoms. The molecule has 3 aromatic rings. The molecule has 9 heteroatoms. The van der Waals surface area contributed by atoms with Gasteiger partial charge in [-0.2, -0.15) is 0 Å². The maximum Gasteiger partial charge on any atom is 0.267 e. The van der Waals surface area contributed by atoms with Crippen LogP contribution in [0.15, 0.2) is 18.2 Å². The molecule has 6 nitrogen and oxygen atoms in total. The number of rotatable bonds is 4. The highest BCUT2D eigenvalue weighted by Crippen LogP contribution is 2.31. The first kappa shape index (κ1) is 17.6. The molecule has 0 spiro atoms. The molecule has 26 heavy (non-hydrogen) atoms. The number of amides is 1. The number of fused-ring (bicyclic) bond motifs is 1. The zero-order valence-corrected chi connectivity index (χ0v) is 16.7. The molecule has 1 aliphatic rings. The highest BCUT2D eigenvalue weighted by Gasteiger charge is 2.27. The number of nitrogens with zero attached hydrogens (tertiary/aromatic N) is 5. The van der Waals surface area contributed by atoms with E-state index < -0.39 is 0 Å². The average molecular weight is 408 g/mol. The molecule has 0 aliphatic carbocycles. The van der Waals surface area contributed by atoms with Gasteiger partial charge < -0.3 is 9.80 Å². The van der Waals surface area contributed by atoms with Crippen LogP contribution in [0, 0.1) is 0 Å². The second kappa shape index (κ2) is 7.46.